The number of aldehydes is 1. The molecule has 2 rings (SSSR count). The molecule has 0 amide bonds. The molecule has 1 aliphatic heterocycles. The molecule has 4 nitrogen and oxygen atoms in total. The number of thiazole rings is 1. The summed E-state index contributed by atoms with van der Waals surface area (Å²) in [4.78, 5) is 19.0. The molecule has 0 N–H and O–H groups in total. The number of hydrogen-bond donors (Lipinski definition) is 0. The Bertz CT molecular complexity index is 502. The zero-order valence-electron chi connectivity index (χ0n) is 13.2. The molecule has 112 valence electrons. The number of ether oxygens (including phenoxy) is 1. The van der Waals surface area contributed by atoms with Gasteiger partial charge in [0.1, 0.15) is 0 Å². The van der Waals surface area contributed by atoms with E-state index in [-0.39, 0.29) is 17.1 Å². The molecule has 0 bridgehead atoms. The van der Waals surface area contributed by atoms with Crippen molar-refractivity contribution in [2.45, 2.75) is 58.7 Å². The molecule has 1 fully saturated rings. The molecule has 0 aromatic carbocycles. The lowest BCUT2D eigenvalue weighted by Gasteiger charge is -2.41. The molecule has 1 aromatic heterocycles. The first-order valence-electron chi connectivity index (χ1n) is 7.01. The SMILES string of the molecule is CC1CN(c2nc(C(C)(C)C)c(C=O)s2)CC(C)(C)O1. The van der Waals surface area contributed by atoms with Crippen molar-refractivity contribution in [2.75, 3.05) is 18.0 Å². The minimum Gasteiger partial charge on any atom is -0.369 e. The highest BCUT2D eigenvalue weighted by Gasteiger charge is 2.34. The van der Waals surface area contributed by atoms with Crippen LogP contribution in [0.2, 0.25) is 0 Å². The van der Waals surface area contributed by atoms with E-state index >= 15 is 0 Å². The first-order chi connectivity index (χ1) is 9.12. The molecule has 0 aliphatic carbocycles. The summed E-state index contributed by atoms with van der Waals surface area (Å²) in [6.07, 6.45) is 1.09. The number of aromatic nitrogens is 1. The van der Waals surface area contributed by atoms with Crippen molar-refractivity contribution in [3.05, 3.63) is 10.6 Å². The zero-order chi connectivity index (χ0) is 15.1. The molecule has 1 unspecified atom stereocenters. The highest BCUT2D eigenvalue weighted by Crippen LogP contribution is 2.35. The van der Waals surface area contributed by atoms with Crippen LogP contribution < -0.4 is 4.90 Å². The van der Waals surface area contributed by atoms with Gasteiger partial charge >= 0.3 is 0 Å². The number of carbonyl (C=O) groups excluding carboxylic acids is 1. The van der Waals surface area contributed by atoms with Crippen molar-refractivity contribution in [1.82, 2.24) is 4.98 Å². The van der Waals surface area contributed by atoms with E-state index in [0.29, 0.717) is 0 Å². The Morgan fingerprint density at radius 3 is 2.55 bits per heavy atom. The molecular weight excluding hydrogens is 272 g/mol. The summed E-state index contributed by atoms with van der Waals surface area (Å²) in [6.45, 7) is 14.1. The lowest BCUT2D eigenvalue weighted by molar-refractivity contribution is -0.0749. The Morgan fingerprint density at radius 1 is 1.45 bits per heavy atom. The Morgan fingerprint density at radius 2 is 2.10 bits per heavy atom. The Balaban J connectivity index is 2.34. The molecule has 0 saturated carbocycles. The van der Waals surface area contributed by atoms with Gasteiger partial charge in [-0.1, -0.05) is 32.1 Å². The average Bonchev–Trinajstić information content (AvgIpc) is 2.69. The second-order valence-corrected chi connectivity index (χ2v) is 8.15. The standard InChI is InChI=1S/C15H24N2O2S/c1-10-7-17(9-15(5,6)19-10)13-16-12(14(2,3)4)11(8-18)20-13/h8,10H,7,9H2,1-6H3. The van der Waals surface area contributed by atoms with Gasteiger partial charge in [-0.05, 0) is 20.8 Å². The lowest BCUT2D eigenvalue weighted by atomic mass is 9.91. The zero-order valence-corrected chi connectivity index (χ0v) is 14.0. The van der Waals surface area contributed by atoms with Crippen LogP contribution in [0.3, 0.4) is 0 Å². The summed E-state index contributed by atoms with van der Waals surface area (Å²) in [7, 11) is 0. The number of nitrogens with zero attached hydrogens (tertiary/aromatic N) is 2. The van der Waals surface area contributed by atoms with Crippen LogP contribution in [0.1, 0.15) is 56.9 Å². The van der Waals surface area contributed by atoms with Crippen LogP contribution in [0.5, 0.6) is 0 Å². The van der Waals surface area contributed by atoms with Gasteiger partial charge in [0.05, 0.1) is 22.3 Å². The normalized spacial score (nSPS) is 22.9. The Hall–Kier alpha value is -0.940. The summed E-state index contributed by atoms with van der Waals surface area (Å²) in [6, 6.07) is 0. The largest absolute Gasteiger partial charge is 0.369 e. The summed E-state index contributed by atoms with van der Waals surface area (Å²) < 4.78 is 5.92. The highest BCUT2D eigenvalue weighted by atomic mass is 32.1. The highest BCUT2D eigenvalue weighted by molar-refractivity contribution is 7.17. The minimum atomic E-state index is -0.188. The van der Waals surface area contributed by atoms with Crippen LogP contribution >= 0.6 is 11.3 Å². The maximum absolute atomic E-state index is 11.3. The smallest absolute Gasteiger partial charge is 0.186 e. The second kappa shape index (κ2) is 5.11. The van der Waals surface area contributed by atoms with Crippen molar-refractivity contribution in [2.24, 2.45) is 0 Å². The van der Waals surface area contributed by atoms with E-state index in [1.165, 1.54) is 11.3 Å². The van der Waals surface area contributed by atoms with Gasteiger partial charge in [-0.2, -0.15) is 0 Å². The van der Waals surface area contributed by atoms with Crippen LogP contribution in [0.4, 0.5) is 5.13 Å². The molecule has 1 saturated heterocycles. The van der Waals surface area contributed by atoms with Crippen molar-refractivity contribution in [1.29, 1.82) is 0 Å². The Labute approximate surface area is 125 Å². The van der Waals surface area contributed by atoms with Crippen molar-refractivity contribution < 1.29 is 9.53 Å². The summed E-state index contributed by atoms with van der Waals surface area (Å²) in [5.74, 6) is 0. The maximum atomic E-state index is 11.3. The molecule has 0 spiro atoms. The maximum Gasteiger partial charge on any atom is 0.186 e. The molecule has 0 radical (unpaired) electrons. The topological polar surface area (TPSA) is 42.4 Å². The van der Waals surface area contributed by atoms with Gasteiger partial charge < -0.3 is 9.64 Å². The van der Waals surface area contributed by atoms with Crippen LogP contribution in [-0.4, -0.2) is 36.1 Å². The van der Waals surface area contributed by atoms with Gasteiger partial charge in [-0.3, -0.25) is 4.79 Å². The van der Waals surface area contributed by atoms with Gasteiger partial charge in [0.25, 0.3) is 0 Å². The number of anilines is 1. The van der Waals surface area contributed by atoms with Gasteiger partial charge in [0, 0.05) is 18.5 Å². The molecular formula is C15H24N2O2S. The predicted octanol–water partition coefficient (Wildman–Crippen LogP) is 3.26. The quantitative estimate of drug-likeness (QED) is 0.786. The van der Waals surface area contributed by atoms with E-state index in [4.69, 9.17) is 9.72 Å². The monoisotopic (exact) mass is 296 g/mol. The van der Waals surface area contributed by atoms with Crippen LogP contribution in [0.15, 0.2) is 0 Å². The van der Waals surface area contributed by atoms with E-state index in [1.807, 2.05) is 0 Å². The molecule has 1 aliphatic rings. The van der Waals surface area contributed by atoms with E-state index in [9.17, 15) is 4.79 Å². The van der Waals surface area contributed by atoms with E-state index in [1.54, 1.807) is 0 Å². The number of morpholine rings is 1. The summed E-state index contributed by atoms with van der Waals surface area (Å²) in [5, 5.41) is 0.931. The third-order valence-electron chi connectivity index (χ3n) is 3.30. The molecule has 5 heteroatoms. The minimum absolute atomic E-state index is 0.113. The van der Waals surface area contributed by atoms with Crippen molar-refractivity contribution in [3.8, 4) is 0 Å². The van der Waals surface area contributed by atoms with E-state index in [0.717, 1.165) is 35.1 Å². The van der Waals surface area contributed by atoms with Gasteiger partial charge in [-0.25, -0.2) is 4.98 Å². The fourth-order valence-electron chi connectivity index (χ4n) is 2.67. The molecule has 20 heavy (non-hydrogen) atoms. The van der Waals surface area contributed by atoms with Gasteiger partial charge in [-0.15, -0.1) is 0 Å². The lowest BCUT2D eigenvalue weighted by Crippen LogP contribution is -2.52. The third-order valence-corrected chi connectivity index (χ3v) is 4.34. The first kappa shape index (κ1) is 15.4. The molecule has 2 heterocycles. The number of carbonyl (C=O) groups is 1. The predicted molar refractivity (Wildman–Crippen MR) is 83.0 cm³/mol. The fraction of sp³-hybridized carbons (Fsp3) is 0.733. The Kier molecular flexibility index (Phi) is 3.95. The summed E-state index contributed by atoms with van der Waals surface area (Å²) in [5.41, 5.74) is 0.592. The van der Waals surface area contributed by atoms with Crippen LogP contribution in [0.25, 0.3) is 0 Å². The number of rotatable bonds is 2. The van der Waals surface area contributed by atoms with Crippen molar-refractivity contribution in [3.63, 3.8) is 0 Å². The second-order valence-electron chi connectivity index (χ2n) is 7.15. The van der Waals surface area contributed by atoms with Crippen LogP contribution in [0, 0.1) is 0 Å². The number of hydrogen-bond acceptors (Lipinski definition) is 5. The van der Waals surface area contributed by atoms with Gasteiger partial charge in [0.15, 0.2) is 11.4 Å². The average molecular weight is 296 g/mol. The third kappa shape index (κ3) is 3.20. The molecule has 1 atom stereocenters. The first-order valence-corrected chi connectivity index (χ1v) is 7.83. The summed E-state index contributed by atoms with van der Waals surface area (Å²) >= 11 is 1.49. The van der Waals surface area contributed by atoms with Crippen LogP contribution in [-0.2, 0) is 10.2 Å². The fourth-order valence-corrected chi connectivity index (χ4v) is 3.77. The molecule has 1 aromatic rings. The van der Waals surface area contributed by atoms with E-state index < -0.39 is 0 Å². The van der Waals surface area contributed by atoms with E-state index in [2.05, 4.69) is 46.4 Å². The van der Waals surface area contributed by atoms with Crippen molar-refractivity contribution >= 4 is 22.8 Å². The van der Waals surface area contributed by atoms with Gasteiger partial charge in [0.2, 0.25) is 0 Å².